The van der Waals surface area contributed by atoms with E-state index in [4.69, 9.17) is 10.5 Å². The summed E-state index contributed by atoms with van der Waals surface area (Å²) in [4.78, 5) is 45.8. The second-order valence-electron chi connectivity index (χ2n) is 5.08. The molecule has 0 bridgehead atoms. The number of carbonyl (C=O) groups excluding carboxylic acids is 4. The standard InChI is InChI=1S/C17H21N3O5/c1-3-25-15(22)6-4-5-14(16(18)23)20-17(24)12-7-9-13(10-8-12)19-11(2)21/h4,6-10,14H,3,5H2,1-2H3,(H2,18,23)(H,19,21)(H,20,24)/b6-4+/t14-/m0/s1. The van der Waals surface area contributed by atoms with Gasteiger partial charge in [0, 0.05) is 24.3 Å². The van der Waals surface area contributed by atoms with Crippen LogP contribution in [0.5, 0.6) is 0 Å². The molecule has 1 atom stereocenters. The molecule has 0 fully saturated rings. The van der Waals surface area contributed by atoms with Gasteiger partial charge in [-0.1, -0.05) is 6.08 Å². The number of anilines is 1. The van der Waals surface area contributed by atoms with Crippen LogP contribution in [-0.4, -0.2) is 36.3 Å². The van der Waals surface area contributed by atoms with Crippen LogP contribution in [0.4, 0.5) is 5.69 Å². The highest BCUT2D eigenvalue weighted by Crippen LogP contribution is 2.10. The largest absolute Gasteiger partial charge is 0.463 e. The molecule has 8 nitrogen and oxygen atoms in total. The molecule has 0 aromatic heterocycles. The topological polar surface area (TPSA) is 128 Å². The van der Waals surface area contributed by atoms with Crippen molar-refractivity contribution in [1.82, 2.24) is 5.32 Å². The number of ether oxygens (including phenoxy) is 1. The quantitative estimate of drug-likeness (QED) is 0.472. The van der Waals surface area contributed by atoms with Crippen LogP contribution in [0.25, 0.3) is 0 Å². The summed E-state index contributed by atoms with van der Waals surface area (Å²) in [5.41, 5.74) is 6.12. The summed E-state index contributed by atoms with van der Waals surface area (Å²) in [6, 6.07) is 5.18. The van der Waals surface area contributed by atoms with E-state index >= 15 is 0 Å². The summed E-state index contributed by atoms with van der Waals surface area (Å²) in [7, 11) is 0. The van der Waals surface area contributed by atoms with E-state index in [0.29, 0.717) is 11.3 Å². The van der Waals surface area contributed by atoms with Crippen molar-refractivity contribution in [2.75, 3.05) is 11.9 Å². The number of carbonyl (C=O) groups is 4. The maximum atomic E-state index is 12.2. The van der Waals surface area contributed by atoms with Crippen molar-refractivity contribution in [1.29, 1.82) is 0 Å². The molecule has 25 heavy (non-hydrogen) atoms. The molecular weight excluding hydrogens is 326 g/mol. The van der Waals surface area contributed by atoms with E-state index in [-0.39, 0.29) is 18.9 Å². The smallest absolute Gasteiger partial charge is 0.330 e. The van der Waals surface area contributed by atoms with E-state index in [1.807, 2.05) is 0 Å². The first-order valence-electron chi connectivity index (χ1n) is 7.64. The van der Waals surface area contributed by atoms with E-state index < -0.39 is 23.8 Å². The maximum absolute atomic E-state index is 12.2. The zero-order valence-electron chi connectivity index (χ0n) is 14.1. The maximum Gasteiger partial charge on any atom is 0.330 e. The van der Waals surface area contributed by atoms with Crippen LogP contribution in [0.3, 0.4) is 0 Å². The lowest BCUT2D eigenvalue weighted by atomic mass is 10.1. The Labute approximate surface area is 145 Å². The number of esters is 1. The molecule has 8 heteroatoms. The van der Waals surface area contributed by atoms with E-state index in [0.717, 1.165) is 0 Å². The number of nitrogens with one attached hydrogen (secondary N) is 2. The van der Waals surface area contributed by atoms with Gasteiger partial charge in [-0.05, 0) is 37.6 Å². The van der Waals surface area contributed by atoms with Crippen molar-refractivity contribution in [3.8, 4) is 0 Å². The summed E-state index contributed by atoms with van der Waals surface area (Å²) >= 11 is 0. The first-order chi connectivity index (χ1) is 11.8. The number of benzene rings is 1. The number of nitrogens with two attached hydrogens (primary N) is 1. The van der Waals surface area contributed by atoms with E-state index in [9.17, 15) is 19.2 Å². The highest BCUT2D eigenvalue weighted by Gasteiger charge is 2.17. The minimum absolute atomic E-state index is 0.0594. The average molecular weight is 347 g/mol. The molecule has 0 aliphatic rings. The van der Waals surface area contributed by atoms with Crippen LogP contribution >= 0.6 is 0 Å². The van der Waals surface area contributed by atoms with Gasteiger partial charge in [-0.15, -0.1) is 0 Å². The summed E-state index contributed by atoms with van der Waals surface area (Å²) < 4.78 is 4.71. The Kier molecular flexibility index (Phi) is 7.85. The van der Waals surface area contributed by atoms with Gasteiger partial charge in [0.15, 0.2) is 0 Å². The molecule has 0 saturated heterocycles. The molecule has 1 aromatic carbocycles. The van der Waals surface area contributed by atoms with Gasteiger partial charge in [0.1, 0.15) is 6.04 Å². The van der Waals surface area contributed by atoms with Crippen LogP contribution in [-0.2, 0) is 19.1 Å². The third kappa shape index (κ3) is 7.30. The Morgan fingerprint density at radius 1 is 1.20 bits per heavy atom. The number of amides is 3. The SMILES string of the molecule is CCOC(=O)/C=C/C[C@H](NC(=O)c1ccc(NC(C)=O)cc1)C(N)=O. The molecule has 3 amide bonds. The molecule has 0 radical (unpaired) electrons. The Balaban J connectivity index is 2.68. The zero-order chi connectivity index (χ0) is 18.8. The first kappa shape index (κ1) is 19.9. The highest BCUT2D eigenvalue weighted by atomic mass is 16.5. The minimum Gasteiger partial charge on any atom is -0.463 e. The molecule has 0 saturated carbocycles. The van der Waals surface area contributed by atoms with Gasteiger partial charge in [-0.25, -0.2) is 4.79 Å². The van der Waals surface area contributed by atoms with E-state index in [2.05, 4.69) is 10.6 Å². The molecule has 0 unspecified atom stereocenters. The number of hydrogen-bond donors (Lipinski definition) is 3. The minimum atomic E-state index is -0.965. The third-order valence-electron chi connectivity index (χ3n) is 3.03. The Morgan fingerprint density at radius 2 is 1.84 bits per heavy atom. The summed E-state index contributed by atoms with van der Waals surface area (Å²) in [6.45, 7) is 3.30. The van der Waals surface area contributed by atoms with Crippen LogP contribution < -0.4 is 16.4 Å². The van der Waals surface area contributed by atoms with E-state index in [1.165, 1.54) is 31.2 Å². The van der Waals surface area contributed by atoms with Gasteiger partial charge in [-0.2, -0.15) is 0 Å². The second kappa shape index (κ2) is 9.86. The fourth-order valence-corrected chi connectivity index (χ4v) is 1.89. The summed E-state index contributed by atoms with van der Waals surface area (Å²) in [6.07, 6.45) is 2.64. The van der Waals surface area contributed by atoms with Crippen LogP contribution in [0.15, 0.2) is 36.4 Å². The molecule has 0 heterocycles. The normalized spacial score (nSPS) is 11.6. The molecule has 1 aromatic rings. The lowest BCUT2D eigenvalue weighted by molar-refractivity contribution is -0.137. The lowest BCUT2D eigenvalue weighted by Crippen LogP contribution is -2.44. The van der Waals surface area contributed by atoms with Gasteiger partial charge in [0.2, 0.25) is 11.8 Å². The first-order valence-corrected chi connectivity index (χ1v) is 7.64. The molecule has 4 N–H and O–H groups in total. The van der Waals surface area contributed by atoms with Crippen LogP contribution in [0.2, 0.25) is 0 Å². The molecular formula is C17H21N3O5. The molecule has 0 aliphatic carbocycles. The van der Waals surface area contributed by atoms with Gasteiger partial charge in [-0.3, -0.25) is 14.4 Å². The molecule has 0 spiro atoms. The van der Waals surface area contributed by atoms with Gasteiger partial charge >= 0.3 is 5.97 Å². The molecule has 1 rings (SSSR count). The fraction of sp³-hybridized carbons (Fsp3) is 0.294. The van der Waals surface area contributed by atoms with Crippen molar-refractivity contribution in [3.63, 3.8) is 0 Å². The third-order valence-corrected chi connectivity index (χ3v) is 3.03. The van der Waals surface area contributed by atoms with Gasteiger partial charge < -0.3 is 21.1 Å². The number of rotatable bonds is 8. The van der Waals surface area contributed by atoms with Crippen LogP contribution in [0, 0.1) is 0 Å². The number of primary amides is 1. The van der Waals surface area contributed by atoms with Crippen molar-refractivity contribution >= 4 is 29.4 Å². The Bertz CT molecular complexity index is 667. The van der Waals surface area contributed by atoms with Crippen molar-refractivity contribution in [2.24, 2.45) is 5.73 Å². The summed E-state index contributed by atoms with van der Waals surface area (Å²) in [5, 5.41) is 5.08. The Hall–Kier alpha value is -3.16. The average Bonchev–Trinajstić information content (AvgIpc) is 2.54. The number of hydrogen-bond acceptors (Lipinski definition) is 5. The molecule has 0 aliphatic heterocycles. The molecule has 134 valence electrons. The monoisotopic (exact) mass is 347 g/mol. The van der Waals surface area contributed by atoms with Crippen molar-refractivity contribution < 1.29 is 23.9 Å². The van der Waals surface area contributed by atoms with E-state index in [1.54, 1.807) is 19.1 Å². The predicted octanol–water partition coefficient (Wildman–Crippen LogP) is 0.738. The highest BCUT2D eigenvalue weighted by molar-refractivity contribution is 5.98. The Morgan fingerprint density at radius 3 is 2.36 bits per heavy atom. The second-order valence-corrected chi connectivity index (χ2v) is 5.08. The lowest BCUT2D eigenvalue weighted by Gasteiger charge is -2.14. The van der Waals surface area contributed by atoms with Crippen molar-refractivity contribution in [3.05, 3.63) is 42.0 Å². The van der Waals surface area contributed by atoms with Gasteiger partial charge in [0.25, 0.3) is 5.91 Å². The zero-order valence-corrected chi connectivity index (χ0v) is 14.1. The predicted molar refractivity (Wildman–Crippen MR) is 91.6 cm³/mol. The fourth-order valence-electron chi connectivity index (χ4n) is 1.89. The van der Waals surface area contributed by atoms with Crippen molar-refractivity contribution in [2.45, 2.75) is 26.3 Å². The summed E-state index contributed by atoms with van der Waals surface area (Å²) in [5.74, 6) is -1.98. The van der Waals surface area contributed by atoms with Crippen LogP contribution in [0.1, 0.15) is 30.6 Å². The van der Waals surface area contributed by atoms with Gasteiger partial charge in [0.05, 0.1) is 6.61 Å².